The first-order valence-electron chi connectivity index (χ1n) is 8.04. The van der Waals surface area contributed by atoms with E-state index in [0.29, 0.717) is 40.7 Å². The highest BCUT2D eigenvalue weighted by Crippen LogP contribution is 2.23. The van der Waals surface area contributed by atoms with Gasteiger partial charge < -0.3 is 10.6 Å². The van der Waals surface area contributed by atoms with Crippen LogP contribution in [0.25, 0.3) is 0 Å². The first kappa shape index (κ1) is 19.3. The number of halogens is 2. The van der Waals surface area contributed by atoms with Gasteiger partial charge in [0.1, 0.15) is 0 Å². The maximum Gasteiger partial charge on any atom is 0.224 e. The number of benzene rings is 2. The number of nitrogens with one attached hydrogen (secondary N) is 2. The third-order valence-corrected chi connectivity index (χ3v) is 4.35. The molecule has 0 bridgehead atoms. The van der Waals surface area contributed by atoms with E-state index in [2.05, 4.69) is 10.6 Å². The minimum atomic E-state index is -0.119. The molecule has 0 heterocycles. The highest BCUT2D eigenvalue weighted by atomic mass is 35.5. The number of para-hydroxylation sites is 2. The van der Waals surface area contributed by atoms with E-state index >= 15 is 0 Å². The van der Waals surface area contributed by atoms with Crippen molar-refractivity contribution in [1.82, 2.24) is 0 Å². The number of carbonyl (C=O) groups is 2. The molecule has 0 aliphatic rings. The molecule has 0 aliphatic carbocycles. The normalized spacial score (nSPS) is 11.6. The third kappa shape index (κ3) is 6.40. The zero-order chi connectivity index (χ0) is 18.2. The van der Waals surface area contributed by atoms with E-state index in [1.165, 1.54) is 0 Å². The molecule has 0 fully saturated rings. The molecule has 0 unspecified atom stereocenters. The summed E-state index contributed by atoms with van der Waals surface area (Å²) in [7, 11) is 0. The first-order chi connectivity index (χ1) is 12.0. The molecule has 0 saturated carbocycles. The van der Waals surface area contributed by atoms with Crippen LogP contribution in [0.1, 0.15) is 26.2 Å². The molecule has 2 N–H and O–H groups in total. The van der Waals surface area contributed by atoms with Crippen molar-refractivity contribution in [2.45, 2.75) is 26.2 Å². The van der Waals surface area contributed by atoms with Crippen molar-refractivity contribution >= 4 is 46.4 Å². The van der Waals surface area contributed by atoms with Gasteiger partial charge in [0, 0.05) is 12.8 Å². The largest absolute Gasteiger partial charge is 0.325 e. The second-order valence-corrected chi connectivity index (χ2v) is 6.72. The predicted molar refractivity (Wildman–Crippen MR) is 103 cm³/mol. The van der Waals surface area contributed by atoms with Crippen molar-refractivity contribution in [2.75, 3.05) is 10.6 Å². The average molecular weight is 379 g/mol. The van der Waals surface area contributed by atoms with Crippen LogP contribution in [0.15, 0.2) is 48.5 Å². The molecule has 2 rings (SSSR count). The Kier molecular flexibility index (Phi) is 7.29. The number of rotatable bonds is 7. The van der Waals surface area contributed by atoms with Crippen LogP contribution in [-0.2, 0) is 9.59 Å². The lowest BCUT2D eigenvalue weighted by Crippen LogP contribution is -2.17. The lowest BCUT2D eigenvalue weighted by molar-refractivity contribution is -0.118. The van der Waals surface area contributed by atoms with Crippen molar-refractivity contribution in [3.05, 3.63) is 58.6 Å². The molecule has 0 aliphatic heterocycles. The Morgan fingerprint density at radius 2 is 1.36 bits per heavy atom. The summed E-state index contributed by atoms with van der Waals surface area (Å²) in [6.07, 6.45) is 1.25. The summed E-state index contributed by atoms with van der Waals surface area (Å²) < 4.78 is 0. The number of hydrogen-bond donors (Lipinski definition) is 2. The molecule has 0 radical (unpaired) electrons. The second-order valence-electron chi connectivity index (χ2n) is 5.90. The van der Waals surface area contributed by atoms with Crippen LogP contribution in [0.5, 0.6) is 0 Å². The Bertz CT molecular complexity index is 750. The lowest BCUT2D eigenvalue weighted by Gasteiger charge is -2.12. The zero-order valence-corrected chi connectivity index (χ0v) is 15.4. The van der Waals surface area contributed by atoms with E-state index in [0.717, 1.165) is 0 Å². The van der Waals surface area contributed by atoms with E-state index in [4.69, 9.17) is 23.2 Å². The Hall–Kier alpha value is -2.04. The van der Waals surface area contributed by atoms with Gasteiger partial charge in [-0.3, -0.25) is 9.59 Å². The van der Waals surface area contributed by atoms with E-state index in [1.54, 1.807) is 36.4 Å². The fourth-order valence-corrected chi connectivity index (χ4v) is 2.70. The highest BCUT2D eigenvalue weighted by Gasteiger charge is 2.13. The van der Waals surface area contributed by atoms with Gasteiger partial charge >= 0.3 is 0 Å². The monoisotopic (exact) mass is 378 g/mol. The van der Waals surface area contributed by atoms with E-state index in [1.807, 2.05) is 19.1 Å². The SMILES string of the molecule is C[C@@H](CCC(=O)Nc1ccccc1Cl)CC(=O)Nc1ccccc1Cl. The molecule has 0 spiro atoms. The van der Waals surface area contributed by atoms with Crippen molar-refractivity contribution in [1.29, 1.82) is 0 Å². The van der Waals surface area contributed by atoms with Crippen LogP contribution >= 0.6 is 23.2 Å². The van der Waals surface area contributed by atoms with Crippen LogP contribution < -0.4 is 10.6 Å². The summed E-state index contributed by atoms with van der Waals surface area (Å²) >= 11 is 12.0. The molecule has 0 aromatic heterocycles. The molecule has 132 valence electrons. The molecule has 2 aromatic carbocycles. The van der Waals surface area contributed by atoms with Gasteiger partial charge in [-0.1, -0.05) is 54.4 Å². The topological polar surface area (TPSA) is 58.2 Å². The van der Waals surface area contributed by atoms with Gasteiger partial charge in [0.05, 0.1) is 21.4 Å². The second kappa shape index (κ2) is 9.44. The van der Waals surface area contributed by atoms with Crippen LogP contribution in [-0.4, -0.2) is 11.8 Å². The molecule has 6 heteroatoms. The summed E-state index contributed by atoms with van der Waals surface area (Å²) in [5, 5.41) is 6.57. The summed E-state index contributed by atoms with van der Waals surface area (Å²) in [6, 6.07) is 14.2. The van der Waals surface area contributed by atoms with E-state index in [9.17, 15) is 9.59 Å². The van der Waals surface area contributed by atoms with Crippen molar-refractivity contribution in [2.24, 2.45) is 5.92 Å². The summed E-state index contributed by atoms with van der Waals surface area (Å²) in [4.78, 5) is 24.1. The Morgan fingerprint density at radius 1 is 0.880 bits per heavy atom. The van der Waals surface area contributed by atoms with Crippen molar-refractivity contribution in [3.8, 4) is 0 Å². The van der Waals surface area contributed by atoms with E-state index < -0.39 is 0 Å². The maximum atomic E-state index is 12.1. The highest BCUT2D eigenvalue weighted by molar-refractivity contribution is 6.34. The fraction of sp³-hybridized carbons (Fsp3) is 0.263. The van der Waals surface area contributed by atoms with Gasteiger partial charge in [-0.2, -0.15) is 0 Å². The van der Waals surface area contributed by atoms with E-state index in [-0.39, 0.29) is 17.7 Å². The molecule has 25 heavy (non-hydrogen) atoms. The van der Waals surface area contributed by atoms with Crippen LogP contribution in [0.4, 0.5) is 11.4 Å². The number of anilines is 2. The molecule has 0 saturated heterocycles. The number of carbonyl (C=O) groups excluding carboxylic acids is 2. The van der Waals surface area contributed by atoms with Crippen LogP contribution in [0.2, 0.25) is 10.0 Å². The van der Waals surface area contributed by atoms with Gasteiger partial charge in [-0.15, -0.1) is 0 Å². The summed E-state index contributed by atoms with van der Waals surface area (Å²) in [6.45, 7) is 1.94. The Morgan fingerprint density at radius 3 is 1.88 bits per heavy atom. The Labute approximate surface area is 157 Å². The lowest BCUT2D eigenvalue weighted by atomic mass is 10.0. The first-order valence-corrected chi connectivity index (χ1v) is 8.80. The zero-order valence-electron chi connectivity index (χ0n) is 13.9. The van der Waals surface area contributed by atoms with Gasteiger partial charge in [-0.25, -0.2) is 0 Å². The summed E-state index contributed by atoms with van der Waals surface area (Å²) in [5.41, 5.74) is 1.19. The Balaban J connectivity index is 1.75. The van der Waals surface area contributed by atoms with Crippen molar-refractivity contribution < 1.29 is 9.59 Å². The minimum absolute atomic E-state index is 0.0690. The molecule has 1 atom stereocenters. The van der Waals surface area contributed by atoms with Crippen molar-refractivity contribution in [3.63, 3.8) is 0 Å². The summed E-state index contributed by atoms with van der Waals surface area (Å²) in [5.74, 6) is -0.168. The standard InChI is InChI=1S/C19H20Cl2N2O2/c1-13(12-19(25)23-17-9-5-3-7-15(17)21)10-11-18(24)22-16-8-4-2-6-14(16)20/h2-9,13H,10-12H2,1H3,(H,22,24)(H,23,25)/t13-/m0/s1. The van der Waals surface area contributed by atoms with Crippen LogP contribution in [0.3, 0.4) is 0 Å². The predicted octanol–water partition coefficient (Wildman–Crippen LogP) is 5.38. The molecular weight excluding hydrogens is 359 g/mol. The third-order valence-electron chi connectivity index (χ3n) is 3.69. The molecular formula is C19H20Cl2N2O2. The number of amides is 2. The maximum absolute atomic E-state index is 12.1. The molecule has 2 amide bonds. The average Bonchev–Trinajstić information content (AvgIpc) is 2.57. The van der Waals surface area contributed by atoms with Gasteiger partial charge in [0.2, 0.25) is 11.8 Å². The minimum Gasteiger partial charge on any atom is -0.325 e. The van der Waals surface area contributed by atoms with Crippen LogP contribution in [0, 0.1) is 5.92 Å². The molecule has 4 nitrogen and oxygen atoms in total. The molecule has 2 aromatic rings. The smallest absolute Gasteiger partial charge is 0.224 e. The quantitative estimate of drug-likeness (QED) is 0.679. The number of hydrogen-bond acceptors (Lipinski definition) is 2. The van der Waals surface area contributed by atoms with Gasteiger partial charge in [0.15, 0.2) is 0 Å². The van der Waals surface area contributed by atoms with Gasteiger partial charge in [-0.05, 0) is 36.6 Å². The van der Waals surface area contributed by atoms with Gasteiger partial charge in [0.25, 0.3) is 0 Å². The fourth-order valence-electron chi connectivity index (χ4n) is 2.34.